The van der Waals surface area contributed by atoms with Crippen molar-refractivity contribution in [3.63, 3.8) is 0 Å². The maximum atomic E-state index is 13.3. The number of rotatable bonds is 8. The molecule has 0 saturated carbocycles. The van der Waals surface area contributed by atoms with Gasteiger partial charge < -0.3 is 14.4 Å². The van der Waals surface area contributed by atoms with E-state index in [2.05, 4.69) is 39.8 Å². The van der Waals surface area contributed by atoms with Crippen molar-refractivity contribution in [1.29, 1.82) is 0 Å². The Bertz CT molecular complexity index is 1050. The Hall–Kier alpha value is -2.29. The van der Waals surface area contributed by atoms with Gasteiger partial charge in [-0.1, -0.05) is 18.6 Å². The van der Waals surface area contributed by atoms with Crippen LogP contribution in [0.3, 0.4) is 0 Å². The number of anilines is 1. The average Bonchev–Trinajstić information content (AvgIpc) is 3.19. The fourth-order valence-corrected chi connectivity index (χ4v) is 5.96. The summed E-state index contributed by atoms with van der Waals surface area (Å²) in [5.41, 5.74) is 3.78. The summed E-state index contributed by atoms with van der Waals surface area (Å²) in [6, 6.07) is 11.4. The second kappa shape index (κ2) is 9.68. The number of fused-ring (bicyclic) bond motifs is 1. The molecule has 2 heterocycles. The molecule has 32 heavy (non-hydrogen) atoms. The Labute approximate surface area is 191 Å². The molecule has 1 fully saturated rings. The van der Waals surface area contributed by atoms with Crippen LogP contribution in [0.1, 0.15) is 36.4 Å². The number of piperidine rings is 1. The smallest absolute Gasteiger partial charge is 0.244 e. The lowest BCUT2D eigenvalue weighted by Crippen LogP contribution is -2.40. The molecule has 0 aromatic heterocycles. The molecule has 0 radical (unpaired) electrons. The lowest BCUT2D eigenvalue weighted by atomic mass is 9.99. The number of sulfonamides is 1. The Balaban J connectivity index is 1.61. The molecule has 2 aliphatic rings. The summed E-state index contributed by atoms with van der Waals surface area (Å²) in [5, 5.41) is 0. The summed E-state index contributed by atoms with van der Waals surface area (Å²) in [5.74, 6) is 0.773. The molecular formula is C24H33N3O4S. The van der Waals surface area contributed by atoms with Crippen LogP contribution in [-0.4, -0.2) is 60.8 Å². The highest BCUT2D eigenvalue weighted by Gasteiger charge is 2.28. The van der Waals surface area contributed by atoms with Crippen LogP contribution in [0.25, 0.3) is 0 Å². The Morgan fingerprint density at radius 2 is 1.78 bits per heavy atom. The standard InChI is InChI=1S/C24H33N3O4S/c1-26-14-11-19-15-18(7-9-21(19)26)22(27-12-5-4-6-13-27)17-25-32(28,29)24-16-20(30-2)8-10-23(24)31-3/h7-10,15-16,22,25H,4-6,11-14,17H2,1-3H3. The fourth-order valence-electron chi connectivity index (χ4n) is 4.74. The lowest BCUT2D eigenvalue weighted by molar-refractivity contribution is 0.164. The van der Waals surface area contributed by atoms with Gasteiger partial charge in [-0.3, -0.25) is 4.90 Å². The number of nitrogens with one attached hydrogen (secondary N) is 1. The summed E-state index contributed by atoms with van der Waals surface area (Å²) in [6.45, 7) is 3.28. The van der Waals surface area contributed by atoms with Crippen molar-refractivity contribution in [1.82, 2.24) is 9.62 Å². The van der Waals surface area contributed by atoms with E-state index >= 15 is 0 Å². The van der Waals surface area contributed by atoms with Crippen molar-refractivity contribution in [3.8, 4) is 11.5 Å². The van der Waals surface area contributed by atoms with E-state index in [1.54, 1.807) is 12.1 Å². The second-order valence-electron chi connectivity index (χ2n) is 8.54. The zero-order valence-corrected chi connectivity index (χ0v) is 20.0. The summed E-state index contributed by atoms with van der Waals surface area (Å²) in [4.78, 5) is 4.77. The van der Waals surface area contributed by atoms with Crippen molar-refractivity contribution in [2.75, 3.05) is 52.3 Å². The van der Waals surface area contributed by atoms with Gasteiger partial charge in [-0.2, -0.15) is 0 Å². The first-order valence-electron chi connectivity index (χ1n) is 11.2. The van der Waals surface area contributed by atoms with Gasteiger partial charge in [-0.05, 0) is 61.7 Å². The highest BCUT2D eigenvalue weighted by atomic mass is 32.2. The number of ether oxygens (including phenoxy) is 2. The third kappa shape index (κ3) is 4.72. The number of likely N-dealkylation sites (N-methyl/N-ethyl adjacent to an activating group) is 1. The highest BCUT2D eigenvalue weighted by Crippen LogP contribution is 2.33. The minimum absolute atomic E-state index is 0.0158. The summed E-state index contributed by atoms with van der Waals surface area (Å²) in [6.07, 6.45) is 4.53. The maximum absolute atomic E-state index is 13.3. The molecule has 2 aromatic carbocycles. The van der Waals surface area contributed by atoms with Crippen LogP contribution in [0.5, 0.6) is 11.5 Å². The van der Waals surface area contributed by atoms with Crippen LogP contribution in [0.4, 0.5) is 5.69 Å². The zero-order valence-electron chi connectivity index (χ0n) is 19.1. The molecule has 7 nitrogen and oxygen atoms in total. The van der Waals surface area contributed by atoms with Gasteiger partial charge in [0.1, 0.15) is 16.4 Å². The normalized spacial score (nSPS) is 17.8. The van der Waals surface area contributed by atoms with Crippen LogP contribution in [0, 0.1) is 0 Å². The Morgan fingerprint density at radius 3 is 2.50 bits per heavy atom. The molecule has 1 atom stereocenters. The van der Waals surface area contributed by atoms with Gasteiger partial charge in [0, 0.05) is 37.9 Å². The minimum Gasteiger partial charge on any atom is -0.497 e. The molecule has 0 spiro atoms. The van der Waals surface area contributed by atoms with Crippen LogP contribution >= 0.6 is 0 Å². The first kappa shape index (κ1) is 22.9. The fraction of sp³-hybridized carbons (Fsp3) is 0.500. The van der Waals surface area contributed by atoms with Gasteiger partial charge in [0.15, 0.2) is 0 Å². The van der Waals surface area contributed by atoms with Gasteiger partial charge in [-0.15, -0.1) is 0 Å². The van der Waals surface area contributed by atoms with E-state index in [1.807, 2.05) is 0 Å². The van der Waals surface area contributed by atoms with Gasteiger partial charge in [0.25, 0.3) is 0 Å². The highest BCUT2D eigenvalue weighted by molar-refractivity contribution is 7.89. The van der Waals surface area contributed by atoms with Crippen LogP contribution in [0.2, 0.25) is 0 Å². The number of hydrogen-bond donors (Lipinski definition) is 1. The monoisotopic (exact) mass is 459 g/mol. The summed E-state index contributed by atoms with van der Waals surface area (Å²) < 4.78 is 39.9. The minimum atomic E-state index is -3.79. The lowest BCUT2D eigenvalue weighted by Gasteiger charge is -2.35. The molecule has 2 aliphatic heterocycles. The molecule has 0 amide bonds. The van der Waals surface area contributed by atoms with E-state index in [9.17, 15) is 8.42 Å². The molecule has 174 valence electrons. The van der Waals surface area contributed by atoms with Crippen molar-refractivity contribution in [2.24, 2.45) is 0 Å². The quantitative estimate of drug-likeness (QED) is 0.654. The van der Waals surface area contributed by atoms with E-state index in [0.717, 1.165) is 38.9 Å². The van der Waals surface area contributed by atoms with Crippen molar-refractivity contribution in [3.05, 3.63) is 47.5 Å². The summed E-state index contributed by atoms with van der Waals surface area (Å²) in [7, 11) is 1.32. The average molecular weight is 460 g/mol. The van der Waals surface area contributed by atoms with Crippen LogP contribution in [0.15, 0.2) is 41.3 Å². The number of nitrogens with zero attached hydrogens (tertiary/aromatic N) is 2. The number of methoxy groups -OCH3 is 2. The largest absolute Gasteiger partial charge is 0.497 e. The first-order valence-corrected chi connectivity index (χ1v) is 12.7. The molecule has 1 N–H and O–H groups in total. The van der Waals surface area contributed by atoms with Crippen LogP contribution in [-0.2, 0) is 16.4 Å². The van der Waals surface area contributed by atoms with Gasteiger partial charge >= 0.3 is 0 Å². The van der Waals surface area contributed by atoms with Gasteiger partial charge in [-0.25, -0.2) is 13.1 Å². The number of hydrogen-bond acceptors (Lipinski definition) is 6. The predicted molar refractivity (Wildman–Crippen MR) is 126 cm³/mol. The molecule has 8 heteroatoms. The van der Waals surface area contributed by atoms with Crippen LogP contribution < -0.4 is 19.1 Å². The maximum Gasteiger partial charge on any atom is 0.244 e. The SMILES string of the molecule is COc1ccc(OC)c(S(=O)(=O)NCC(c2ccc3c(c2)CCN3C)N2CCCCC2)c1. The van der Waals surface area contributed by atoms with Gasteiger partial charge in [0.2, 0.25) is 10.0 Å². The molecule has 0 bridgehead atoms. The van der Waals surface area contributed by atoms with E-state index in [0.29, 0.717) is 18.0 Å². The van der Waals surface area contributed by atoms with E-state index < -0.39 is 10.0 Å². The third-order valence-corrected chi connectivity index (χ3v) is 8.02. The molecule has 0 aliphatic carbocycles. The summed E-state index contributed by atoms with van der Waals surface area (Å²) >= 11 is 0. The van der Waals surface area contributed by atoms with E-state index in [1.165, 1.54) is 43.5 Å². The topological polar surface area (TPSA) is 71.1 Å². The second-order valence-corrected chi connectivity index (χ2v) is 10.3. The Kier molecular flexibility index (Phi) is 6.93. The molecular weight excluding hydrogens is 426 g/mol. The van der Waals surface area contributed by atoms with Crippen molar-refractivity contribution in [2.45, 2.75) is 36.6 Å². The molecule has 1 saturated heterocycles. The molecule has 1 unspecified atom stereocenters. The van der Waals surface area contributed by atoms with Gasteiger partial charge in [0.05, 0.1) is 14.2 Å². The third-order valence-electron chi connectivity index (χ3n) is 6.57. The number of benzene rings is 2. The van der Waals surface area contributed by atoms with Crippen molar-refractivity contribution < 1.29 is 17.9 Å². The Morgan fingerprint density at radius 1 is 1.00 bits per heavy atom. The molecule has 4 rings (SSSR count). The van der Waals surface area contributed by atoms with Crippen molar-refractivity contribution >= 4 is 15.7 Å². The number of likely N-dealkylation sites (tertiary alicyclic amines) is 1. The van der Waals surface area contributed by atoms with E-state index in [4.69, 9.17) is 9.47 Å². The van der Waals surface area contributed by atoms with E-state index in [-0.39, 0.29) is 10.9 Å². The molecule has 2 aromatic rings. The first-order chi connectivity index (χ1) is 15.4. The predicted octanol–water partition coefficient (Wildman–Crippen LogP) is 3.20. The zero-order chi connectivity index (χ0) is 22.7.